The Morgan fingerprint density at radius 1 is 1.18 bits per heavy atom. The number of hydrogen-bond donors (Lipinski definition) is 1. The molecule has 2 aliphatic rings. The number of aromatic amines is 1. The Balaban J connectivity index is 0.000000238. The van der Waals surface area contributed by atoms with Gasteiger partial charge in [0.1, 0.15) is 11.3 Å². The lowest BCUT2D eigenvalue weighted by Gasteiger charge is -2.27. The van der Waals surface area contributed by atoms with Crippen molar-refractivity contribution in [1.29, 1.82) is 0 Å². The summed E-state index contributed by atoms with van der Waals surface area (Å²) in [7, 11) is 0. The number of morpholine rings is 1. The Hall–Kier alpha value is -3.37. The van der Waals surface area contributed by atoms with E-state index in [2.05, 4.69) is 25.3 Å². The Labute approximate surface area is 193 Å². The van der Waals surface area contributed by atoms with Gasteiger partial charge in [-0.2, -0.15) is 10.2 Å². The van der Waals surface area contributed by atoms with E-state index < -0.39 is 11.4 Å². The van der Waals surface area contributed by atoms with E-state index in [1.165, 1.54) is 31.2 Å². The molecular weight excluding hydrogens is 449 g/mol. The number of nitrogens with one attached hydrogen (secondary N) is 1. The van der Waals surface area contributed by atoms with Gasteiger partial charge in [-0.25, -0.2) is 19.5 Å². The van der Waals surface area contributed by atoms with Crippen LogP contribution in [0.3, 0.4) is 0 Å². The molecule has 0 radical (unpaired) electrons. The fraction of sp³-hybridized carbons (Fsp3) is 0.318. The smallest absolute Gasteiger partial charge is 0.290 e. The standard InChI is InChI=1S/C16H13ClFN5O2.C6H8N2/c17-9-1-2-10(12(18)7-9)13-11-8-19-22-15(24)14(11)21-16(20-13)23-3-5-25-6-4-23;1-4-7-8(5-1)6-2-3-6/h1-2,7-8H,3-6H2,(H,22,24);1,4-6H,2-3H2. The number of hydrogen-bond acceptors (Lipinski definition) is 7. The Morgan fingerprint density at radius 2 is 2.00 bits per heavy atom. The number of benzene rings is 1. The first-order chi connectivity index (χ1) is 16.1. The lowest BCUT2D eigenvalue weighted by Crippen LogP contribution is -2.37. The topological polar surface area (TPSA) is 102 Å². The monoisotopic (exact) mass is 469 g/mol. The Kier molecular flexibility index (Phi) is 6.01. The van der Waals surface area contributed by atoms with Gasteiger partial charge >= 0.3 is 0 Å². The molecule has 1 aromatic carbocycles. The van der Waals surface area contributed by atoms with E-state index in [-0.39, 0.29) is 16.1 Å². The van der Waals surface area contributed by atoms with Gasteiger partial charge in [0.15, 0.2) is 0 Å². The SMILES string of the molecule is O=c1[nH]ncc2c(-c3ccc(Cl)cc3F)nc(N3CCOCC3)nc12.c1cnn(C2CC2)c1. The molecule has 0 bridgehead atoms. The zero-order valence-corrected chi connectivity index (χ0v) is 18.4. The summed E-state index contributed by atoms with van der Waals surface area (Å²) in [6.45, 7) is 2.27. The summed E-state index contributed by atoms with van der Waals surface area (Å²) in [5, 5.41) is 10.9. The molecule has 4 aromatic rings. The molecule has 1 saturated heterocycles. The first kappa shape index (κ1) is 21.5. The van der Waals surface area contributed by atoms with Crippen LogP contribution in [0.25, 0.3) is 22.2 Å². The van der Waals surface area contributed by atoms with E-state index in [4.69, 9.17) is 16.3 Å². The zero-order chi connectivity index (χ0) is 22.8. The number of nitrogens with zero attached hydrogens (tertiary/aromatic N) is 6. The van der Waals surface area contributed by atoms with Crippen LogP contribution in [0.5, 0.6) is 0 Å². The first-order valence-electron chi connectivity index (χ1n) is 10.6. The molecule has 0 spiro atoms. The number of halogens is 2. The van der Waals surface area contributed by atoms with Crippen LogP contribution in [0.15, 0.2) is 47.7 Å². The van der Waals surface area contributed by atoms with E-state index in [0.717, 1.165) is 6.04 Å². The van der Waals surface area contributed by atoms with Crippen molar-refractivity contribution in [1.82, 2.24) is 29.9 Å². The largest absolute Gasteiger partial charge is 0.378 e. The molecule has 1 aliphatic carbocycles. The van der Waals surface area contributed by atoms with Crippen LogP contribution in [-0.4, -0.2) is 56.2 Å². The molecule has 9 nitrogen and oxygen atoms in total. The summed E-state index contributed by atoms with van der Waals surface area (Å²) < 4.78 is 21.8. The zero-order valence-electron chi connectivity index (χ0n) is 17.6. The molecule has 0 unspecified atom stereocenters. The van der Waals surface area contributed by atoms with Gasteiger partial charge in [0, 0.05) is 36.1 Å². The van der Waals surface area contributed by atoms with Gasteiger partial charge in [0.25, 0.3) is 5.56 Å². The van der Waals surface area contributed by atoms with Crippen molar-refractivity contribution in [3.8, 4) is 11.3 Å². The van der Waals surface area contributed by atoms with Crippen molar-refractivity contribution in [2.24, 2.45) is 0 Å². The fourth-order valence-corrected chi connectivity index (χ4v) is 3.75. The minimum atomic E-state index is -0.527. The highest BCUT2D eigenvalue weighted by Gasteiger charge is 2.23. The summed E-state index contributed by atoms with van der Waals surface area (Å²) in [6.07, 6.45) is 7.92. The van der Waals surface area contributed by atoms with Gasteiger partial charge in [-0.05, 0) is 37.1 Å². The second kappa shape index (κ2) is 9.24. The lowest BCUT2D eigenvalue weighted by molar-refractivity contribution is 0.122. The van der Waals surface area contributed by atoms with E-state index in [1.54, 1.807) is 6.07 Å². The van der Waals surface area contributed by atoms with Gasteiger partial charge in [-0.1, -0.05) is 11.6 Å². The summed E-state index contributed by atoms with van der Waals surface area (Å²) in [4.78, 5) is 22.9. The maximum absolute atomic E-state index is 14.5. The van der Waals surface area contributed by atoms with Crippen LogP contribution in [0.4, 0.5) is 10.3 Å². The Bertz CT molecular complexity index is 1320. The van der Waals surface area contributed by atoms with Crippen LogP contribution >= 0.6 is 11.6 Å². The third-order valence-electron chi connectivity index (χ3n) is 5.43. The molecular formula is C22H21ClFN7O2. The number of H-pyrrole nitrogens is 1. The van der Waals surface area contributed by atoms with Gasteiger partial charge in [-0.3, -0.25) is 9.48 Å². The summed E-state index contributed by atoms with van der Waals surface area (Å²) in [5.74, 6) is -0.169. The Morgan fingerprint density at radius 3 is 2.70 bits per heavy atom. The van der Waals surface area contributed by atoms with Crippen molar-refractivity contribution < 1.29 is 9.13 Å². The minimum Gasteiger partial charge on any atom is -0.378 e. The van der Waals surface area contributed by atoms with E-state index in [9.17, 15) is 9.18 Å². The van der Waals surface area contributed by atoms with Crippen molar-refractivity contribution in [2.75, 3.05) is 31.2 Å². The fourth-order valence-electron chi connectivity index (χ4n) is 3.59. The molecule has 2 fully saturated rings. The highest BCUT2D eigenvalue weighted by Crippen LogP contribution is 2.33. The van der Waals surface area contributed by atoms with Crippen molar-refractivity contribution >= 4 is 28.5 Å². The second-order valence-corrected chi connectivity index (χ2v) is 8.21. The van der Waals surface area contributed by atoms with Crippen molar-refractivity contribution in [3.63, 3.8) is 0 Å². The average molecular weight is 470 g/mol. The quantitative estimate of drug-likeness (QED) is 0.491. The van der Waals surface area contributed by atoms with Gasteiger partial charge in [0.2, 0.25) is 5.95 Å². The van der Waals surface area contributed by atoms with E-state index in [0.29, 0.717) is 43.3 Å². The molecule has 11 heteroatoms. The molecule has 6 rings (SSSR count). The van der Waals surface area contributed by atoms with Crippen LogP contribution in [-0.2, 0) is 4.74 Å². The number of anilines is 1. The first-order valence-corrected chi connectivity index (χ1v) is 11.0. The van der Waals surface area contributed by atoms with E-state index in [1.807, 2.05) is 28.0 Å². The number of fused-ring (bicyclic) bond motifs is 1. The van der Waals surface area contributed by atoms with Gasteiger partial charge in [-0.15, -0.1) is 0 Å². The molecule has 33 heavy (non-hydrogen) atoms. The van der Waals surface area contributed by atoms with Gasteiger partial charge in [0.05, 0.1) is 36.5 Å². The van der Waals surface area contributed by atoms with Gasteiger partial charge < -0.3 is 9.64 Å². The molecule has 3 aromatic heterocycles. The summed E-state index contributed by atoms with van der Waals surface area (Å²) in [5.41, 5.74) is 0.249. The maximum Gasteiger partial charge on any atom is 0.290 e. The predicted octanol–water partition coefficient (Wildman–Crippen LogP) is 3.23. The number of rotatable bonds is 3. The van der Waals surface area contributed by atoms with Crippen LogP contribution < -0.4 is 10.5 Å². The summed E-state index contributed by atoms with van der Waals surface area (Å²) >= 11 is 5.84. The molecule has 1 aliphatic heterocycles. The highest BCUT2D eigenvalue weighted by molar-refractivity contribution is 6.30. The molecule has 0 atom stereocenters. The molecule has 1 saturated carbocycles. The van der Waals surface area contributed by atoms with Crippen LogP contribution in [0, 0.1) is 5.82 Å². The van der Waals surface area contributed by atoms with E-state index >= 15 is 0 Å². The van der Waals surface area contributed by atoms with Crippen LogP contribution in [0.1, 0.15) is 18.9 Å². The third-order valence-corrected chi connectivity index (χ3v) is 5.67. The summed E-state index contributed by atoms with van der Waals surface area (Å²) in [6, 6.07) is 7.02. The molecule has 1 N–H and O–H groups in total. The molecule has 4 heterocycles. The molecule has 0 amide bonds. The van der Waals surface area contributed by atoms with Crippen molar-refractivity contribution in [2.45, 2.75) is 18.9 Å². The highest BCUT2D eigenvalue weighted by atomic mass is 35.5. The second-order valence-electron chi connectivity index (χ2n) is 7.77. The number of ether oxygens (including phenoxy) is 1. The average Bonchev–Trinajstić information content (AvgIpc) is 3.54. The third kappa shape index (κ3) is 4.71. The lowest BCUT2D eigenvalue weighted by atomic mass is 10.1. The van der Waals surface area contributed by atoms with Crippen molar-refractivity contribution in [3.05, 3.63) is 64.0 Å². The predicted molar refractivity (Wildman–Crippen MR) is 122 cm³/mol. The molecule has 170 valence electrons. The normalized spacial score (nSPS) is 15.9. The number of aromatic nitrogens is 6. The minimum absolute atomic E-state index is 0.163. The van der Waals surface area contributed by atoms with Crippen LogP contribution in [0.2, 0.25) is 5.02 Å². The maximum atomic E-state index is 14.5.